The van der Waals surface area contributed by atoms with Gasteiger partial charge in [0.1, 0.15) is 17.2 Å². The molecule has 1 saturated heterocycles. The van der Waals surface area contributed by atoms with Crippen LogP contribution in [0.1, 0.15) is 30.1 Å². The van der Waals surface area contributed by atoms with E-state index in [2.05, 4.69) is 0 Å². The van der Waals surface area contributed by atoms with Crippen LogP contribution >= 0.6 is 0 Å². The Labute approximate surface area is 92.2 Å². The van der Waals surface area contributed by atoms with Gasteiger partial charge in [-0.15, -0.1) is 0 Å². The standard InChI is InChI=1S/C12H12F2O2/c1-12(6-3-7-16-12)11(15)10-8(13)4-2-5-9(10)14/h2,4-5H,3,6-7H2,1H3. The molecule has 0 N–H and O–H groups in total. The van der Waals surface area contributed by atoms with Gasteiger partial charge in [-0.05, 0) is 31.9 Å². The van der Waals surface area contributed by atoms with Gasteiger partial charge in [0.25, 0.3) is 0 Å². The summed E-state index contributed by atoms with van der Waals surface area (Å²) in [7, 11) is 0. The number of Topliss-reactive ketones (excluding diaryl/α,β-unsaturated/α-hetero) is 1. The van der Waals surface area contributed by atoms with E-state index < -0.39 is 28.6 Å². The third-order valence-corrected chi connectivity index (χ3v) is 2.89. The predicted molar refractivity (Wildman–Crippen MR) is 54.3 cm³/mol. The maximum Gasteiger partial charge on any atom is 0.200 e. The maximum atomic E-state index is 13.4. The zero-order valence-corrected chi connectivity index (χ0v) is 8.93. The number of benzene rings is 1. The summed E-state index contributed by atoms with van der Waals surface area (Å²) >= 11 is 0. The summed E-state index contributed by atoms with van der Waals surface area (Å²) < 4.78 is 32.1. The van der Waals surface area contributed by atoms with Gasteiger partial charge in [0.05, 0.1) is 5.56 Å². The third kappa shape index (κ3) is 1.73. The first kappa shape index (κ1) is 11.2. The van der Waals surface area contributed by atoms with Crippen molar-refractivity contribution in [3.8, 4) is 0 Å². The van der Waals surface area contributed by atoms with Gasteiger partial charge in [-0.1, -0.05) is 6.07 Å². The summed E-state index contributed by atoms with van der Waals surface area (Å²) in [5.41, 5.74) is -1.57. The van der Waals surface area contributed by atoms with Crippen LogP contribution in [0.2, 0.25) is 0 Å². The number of rotatable bonds is 2. The Bertz CT molecular complexity index is 403. The van der Waals surface area contributed by atoms with Crippen molar-refractivity contribution in [3.05, 3.63) is 35.4 Å². The monoisotopic (exact) mass is 226 g/mol. The van der Waals surface area contributed by atoms with Gasteiger partial charge in [-0.2, -0.15) is 0 Å². The summed E-state index contributed by atoms with van der Waals surface area (Å²) in [6.07, 6.45) is 1.23. The predicted octanol–water partition coefficient (Wildman–Crippen LogP) is 2.72. The van der Waals surface area contributed by atoms with Crippen molar-refractivity contribution in [3.63, 3.8) is 0 Å². The quantitative estimate of drug-likeness (QED) is 0.725. The molecule has 1 fully saturated rings. The molecule has 1 atom stereocenters. The topological polar surface area (TPSA) is 26.3 Å². The van der Waals surface area contributed by atoms with E-state index in [-0.39, 0.29) is 0 Å². The highest BCUT2D eigenvalue weighted by molar-refractivity contribution is 6.02. The van der Waals surface area contributed by atoms with Crippen LogP contribution in [0.25, 0.3) is 0 Å². The lowest BCUT2D eigenvalue weighted by molar-refractivity contribution is 0.0206. The molecule has 0 saturated carbocycles. The molecule has 0 amide bonds. The fourth-order valence-electron chi connectivity index (χ4n) is 1.94. The number of hydrogen-bond acceptors (Lipinski definition) is 2. The molecule has 0 bridgehead atoms. The van der Waals surface area contributed by atoms with Crippen LogP contribution in [0, 0.1) is 11.6 Å². The molecule has 0 aliphatic carbocycles. The minimum absolute atomic E-state index is 0.457. The lowest BCUT2D eigenvalue weighted by Gasteiger charge is -2.21. The van der Waals surface area contributed by atoms with Crippen LogP contribution < -0.4 is 0 Å². The molecular formula is C12H12F2O2. The van der Waals surface area contributed by atoms with Gasteiger partial charge in [0.2, 0.25) is 0 Å². The van der Waals surface area contributed by atoms with Crippen LogP contribution in [0.15, 0.2) is 18.2 Å². The molecule has 0 aromatic heterocycles. The van der Waals surface area contributed by atoms with E-state index in [0.717, 1.165) is 18.6 Å². The van der Waals surface area contributed by atoms with Crippen molar-refractivity contribution in [1.82, 2.24) is 0 Å². The van der Waals surface area contributed by atoms with Gasteiger partial charge < -0.3 is 4.74 Å². The van der Waals surface area contributed by atoms with Crippen LogP contribution in [0.4, 0.5) is 8.78 Å². The molecule has 16 heavy (non-hydrogen) atoms. The number of carbonyl (C=O) groups is 1. The highest BCUT2D eigenvalue weighted by Gasteiger charge is 2.40. The molecule has 2 nitrogen and oxygen atoms in total. The first-order valence-corrected chi connectivity index (χ1v) is 5.17. The Morgan fingerprint density at radius 2 is 2.00 bits per heavy atom. The number of ether oxygens (including phenoxy) is 1. The summed E-state index contributed by atoms with van der Waals surface area (Å²) in [6, 6.07) is 3.39. The molecule has 4 heteroatoms. The van der Waals surface area contributed by atoms with Crippen LogP contribution in [0.3, 0.4) is 0 Å². The summed E-state index contributed by atoms with van der Waals surface area (Å²) in [5.74, 6) is -2.27. The Kier molecular flexibility index (Phi) is 2.76. The molecular weight excluding hydrogens is 214 g/mol. The van der Waals surface area contributed by atoms with E-state index in [1.54, 1.807) is 6.92 Å². The molecule has 1 heterocycles. The van der Waals surface area contributed by atoms with Crippen molar-refractivity contribution in [1.29, 1.82) is 0 Å². The third-order valence-electron chi connectivity index (χ3n) is 2.89. The molecule has 86 valence electrons. The number of ketones is 1. The zero-order valence-electron chi connectivity index (χ0n) is 8.93. The minimum atomic E-state index is -1.08. The van der Waals surface area contributed by atoms with Gasteiger partial charge in [-0.3, -0.25) is 4.79 Å². The van der Waals surface area contributed by atoms with E-state index >= 15 is 0 Å². The molecule has 0 radical (unpaired) electrons. The zero-order chi connectivity index (χ0) is 11.8. The second kappa shape index (κ2) is 3.94. The van der Waals surface area contributed by atoms with E-state index in [9.17, 15) is 13.6 Å². The summed E-state index contributed by atoms with van der Waals surface area (Å²) in [5, 5.41) is 0. The van der Waals surface area contributed by atoms with E-state index in [1.807, 2.05) is 0 Å². The average molecular weight is 226 g/mol. The minimum Gasteiger partial charge on any atom is -0.367 e. The van der Waals surface area contributed by atoms with Gasteiger partial charge in [0.15, 0.2) is 5.78 Å². The van der Waals surface area contributed by atoms with E-state index in [4.69, 9.17) is 4.74 Å². The van der Waals surface area contributed by atoms with Crippen LogP contribution in [0.5, 0.6) is 0 Å². The molecule has 2 rings (SSSR count). The normalized spacial score (nSPS) is 24.7. The molecule has 1 unspecified atom stereocenters. The SMILES string of the molecule is CC1(C(=O)c2c(F)cccc2F)CCCO1. The number of halogens is 2. The van der Waals surface area contributed by atoms with Crippen LogP contribution in [-0.4, -0.2) is 18.0 Å². The summed E-state index contributed by atoms with van der Waals surface area (Å²) in [6.45, 7) is 2.03. The fraction of sp³-hybridized carbons (Fsp3) is 0.417. The second-order valence-corrected chi connectivity index (χ2v) is 4.11. The highest BCUT2D eigenvalue weighted by atomic mass is 19.1. The largest absolute Gasteiger partial charge is 0.367 e. The molecule has 1 aliphatic heterocycles. The Morgan fingerprint density at radius 3 is 2.50 bits per heavy atom. The smallest absolute Gasteiger partial charge is 0.200 e. The Hall–Kier alpha value is -1.29. The lowest BCUT2D eigenvalue weighted by Crippen LogP contribution is -2.35. The van der Waals surface area contributed by atoms with Gasteiger partial charge in [0, 0.05) is 6.61 Å². The van der Waals surface area contributed by atoms with Crippen molar-refractivity contribution in [2.75, 3.05) is 6.61 Å². The average Bonchev–Trinajstić information content (AvgIpc) is 2.66. The Morgan fingerprint density at radius 1 is 1.38 bits per heavy atom. The van der Waals surface area contributed by atoms with E-state index in [1.165, 1.54) is 6.07 Å². The highest BCUT2D eigenvalue weighted by Crippen LogP contribution is 2.30. The lowest BCUT2D eigenvalue weighted by atomic mass is 9.91. The molecule has 1 aromatic carbocycles. The van der Waals surface area contributed by atoms with E-state index in [0.29, 0.717) is 13.0 Å². The molecule has 1 aliphatic rings. The fourth-order valence-corrected chi connectivity index (χ4v) is 1.94. The number of hydrogen-bond donors (Lipinski definition) is 0. The second-order valence-electron chi connectivity index (χ2n) is 4.11. The summed E-state index contributed by atoms with van der Waals surface area (Å²) in [4.78, 5) is 12.0. The Balaban J connectivity index is 2.41. The molecule has 1 aromatic rings. The van der Waals surface area contributed by atoms with Crippen molar-refractivity contribution >= 4 is 5.78 Å². The maximum absolute atomic E-state index is 13.4. The van der Waals surface area contributed by atoms with Crippen LogP contribution in [-0.2, 0) is 4.74 Å². The van der Waals surface area contributed by atoms with Gasteiger partial charge in [-0.25, -0.2) is 8.78 Å². The first-order chi connectivity index (χ1) is 7.54. The van der Waals surface area contributed by atoms with Crippen molar-refractivity contribution in [2.45, 2.75) is 25.4 Å². The molecule has 0 spiro atoms. The van der Waals surface area contributed by atoms with Gasteiger partial charge >= 0.3 is 0 Å². The van der Waals surface area contributed by atoms with Crippen molar-refractivity contribution in [2.24, 2.45) is 0 Å². The number of carbonyl (C=O) groups excluding carboxylic acids is 1. The van der Waals surface area contributed by atoms with Crippen molar-refractivity contribution < 1.29 is 18.3 Å². The first-order valence-electron chi connectivity index (χ1n) is 5.17.